The molecule has 0 saturated carbocycles. The largest absolute Gasteiger partial charge is 0.324 e. The van der Waals surface area contributed by atoms with Crippen molar-refractivity contribution in [2.75, 3.05) is 5.43 Å². The van der Waals surface area contributed by atoms with E-state index in [-0.39, 0.29) is 12.4 Å². The second-order valence-corrected chi connectivity index (χ2v) is 3.72. The van der Waals surface area contributed by atoms with Crippen LogP contribution in [-0.4, -0.2) is 0 Å². The van der Waals surface area contributed by atoms with Gasteiger partial charge in [-0.25, -0.2) is 0 Å². The minimum atomic E-state index is 0. The monoisotopic (exact) mass is 300 g/mol. The molecule has 16 heavy (non-hydrogen) atoms. The van der Waals surface area contributed by atoms with Gasteiger partial charge < -0.3 is 5.43 Å². The highest BCUT2D eigenvalue weighted by molar-refractivity contribution is 9.10. The summed E-state index contributed by atoms with van der Waals surface area (Å²) in [5, 5.41) is 0. The first-order valence-corrected chi connectivity index (χ1v) is 5.34. The number of benzene rings is 2. The van der Waals surface area contributed by atoms with Gasteiger partial charge in [0.2, 0.25) is 0 Å². The Balaban J connectivity index is 0.000000283. The van der Waals surface area contributed by atoms with E-state index in [0.29, 0.717) is 0 Å². The molecule has 2 rings (SSSR count). The van der Waals surface area contributed by atoms with Crippen LogP contribution >= 0.6 is 28.3 Å². The van der Waals surface area contributed by atoms with Crippen molar-refractivity contribution in [3.05, 3.63) is 65.1 Å². The first-order chi connectivity index (χ1) is 7.33. The van der Waals surface area contributed by atoms with Crippen LogP contribution in [0.2, 0.25) is 0 Å². The van der Waals surface area contributed by atoms with E-state index in [4.69, 9.17) is 5.84 Å². The zero-order chi connectivity index (χ0) is 10.9. The molecule has 2 aromatic rings. The Morgan fingerprint density at radius 1 is 0.812 bits per heavy atom. The van der Waals surface area contributed by atoms with Crippen LogP contribution in [0.25, 0.3) is 0 Å². The molecule has 4 heteroatoms. The van der Waals surface area contributed by atoms with Crippen LogP contribution < -0.4 is 11.3 Å². The maximum absolute atomic E-state index is 5.13. The zero-order valence-electron chi connectivity index (χ0n) is 8.64. The van der Waals surface area contributed by atoms with Crippen LogP contribution in [0.1, 0.15) is 0 Å². The van der Waals surface area contributed by atoms with Crippen LogP contribution in [0.3, 0.4) is 0 Å². The number of hydrazine groups is 1. The first-order valence-electron chi connectivity index (χ1n) is 4.55. The van der Waals surface area contributed by atoms with Crippen molar-refractivity contribution >= 4 is 34.0 Å². The van der Waals surface area contributed by atoms with Gasteiger partial charge in [0.15, 0.2) is 0 Å². The third-order valence-corrected chi connectivity index (χ3v) is 2.21. The van der Waals surface area contributed by atoms with Gasteiger partial charge in [-0.05, 0) is 24.3 Å². The van der Waals surface area contributed by atoms with E-state index < -0.39 is 0 Å². The molecule has 0 aliphatic carbocycles. The maximum Gasteiger partial charge on any atom is 0.0485 e. The van der Waals surface area contributed by atoms with Gasteiger partial charge in [0, 0.05) is 10.2 Å². The quantitative estimate of drug-likeness (QED) is 0.620. The van der Waals surface area contributed by atoms with Crippen molar-refractivity contribution in [3.63, 3.8) is 0 Å². The third kappa shape index (κ3) is 6.45. The van der Waals surface area contributed by atoms with Crippen LogP contribution in [0.5, 0.6) is 0 Å². The fourth-order valence-corrected chi connectivity index (χ4v) is 1.20. The molecule has 0 unspecified atom stereocenters. The zero-order valence-corrected chi connectivity index (χ0v) is 11.0. The first kappa shape index (κ1) is 15.0. The van der Waals surface area contributed by atoms with E-state index in [1.807, 2.05) is 60.7 Å². The Hall–Kier alpha value is -1.03. The van der Waals surface area contributed by atoms with Crippen molar-refractivity contribution in [1.29, 1.82) is 0 Å². The van der Waals surface area contributed by atoms with Crippen molar-refractivity contribution in [3.8, 4) is 0 Å². The summed E-state index contributed by atoms with van der Waals surface area (Å²) in [6.45, 7) is 0. The van der Waals surface area contributed by atoms with Crippen LogP contribution in [0.4, 0.5) is 5.69 Å². The van der Waals surface area contributed by atoms with Gasteiger partial charge in [0.1, 0.15) is 0 Å². The molecule has 0 radical (unpaired) electrons. The van der Waals surface area contributed by atoms with Gasteiger partial charge in [-0.1, -0.05) is 52.3 Å². The summed E-state index contributed by atoms with van der Waals surface area (Å²) in [4.78, 5) is 0. The molecule has 0 amide bonds. The summed E-state index contributed by atoms with van der Waals surface area (Å²) in [5.41, 5.74) is 3.45. The van der Waals surface area contributed by atoms with E-state index in [2.05, 4.69) is 21.4 Å². The minimum absolute atomic E-state index is 0. The Kier molecular flexibility index (Phi) is 8.62. The standard InChI is InChI=1S/C6H7BrN2.C6H6.ClH/c7-5-1-3-6(9-8)4-2-5;1-2-4-6-5-3-1;/h1-4,9H,8H2;1-6H;1H. The molecule has 3 N–H and O–H groups in total. The van der Waals surface area contributed by atoms with E-state index >= 15 is 0 Å². The number of nitrogen functional groups attached to an aromatic ring is 1. The van der Waals surface area contributed by atoms with Gasteiger partial charge in [-0.15, -0.1) is 12.4 Å². The molecule has 0 saturated heterocycles. The molecule has 0 bridgehead atoms. The molecule has 2 aromatic carbocycles. The van der Waals surface area contributed by atoms with Crippen LogP contribution in [0.15, 0.2) is 65.1 Å². The fourth-order valence-electron chi connectivity index (χ4n) is 0.931. The van der Waals surface area contributed by atoms with Gasteiger partial charge in [0.25, 0.3) is 0 Å². The molecule has 0 aliphatic rings. The van der Waals surface area contributed by atoms with Crippen LogP contribution in [0, 0.1) is 0 Å². The normalized spacial score (nSPS) is 8.12. The highest BCUT2D eigenvalue weighted by atomic mass is 79.9. The van der Waals surface area contributed by atoms with Gasteiger partial charge in [-0.3, -0.25) is 5.84 Å². The Morgan fingerprint density at radius 3 is 1.50 bits per heavy atom. The predicted octanol–water partition coefficient (Wildman–Crippen LogP) is 3.84. The summed E-state index contributed by atoms with van der Waals surface area (Å²) in [5.74, 6) is 5.13. The number of anilines is 1. The van der Waals surface area contributed by atoms with Gasteiger partial charge in [0.05, 0.1) is 0 Å². The van der Waals surface area contributed by atoms with E-state index in [9.17, 15) is 0 Å². The summed E-state index contributed by atoms with van der Waals surface area (Å²) in [6, 6.07) is 19.6. The molecular weight excluding hydrogens is 288 g/mol. The molecule has 0 aliphatic heterocycles. The minimum Gasteiger partial charge on any atom is -0.324 e. The average Bonchev–Trinajstić information content (AvgIpc) is 2.33. The summed E-state index contributed by atoms with van der Waals surface area (Å²) in [6.07, 6.45) is 0. The van der Waals surface area contributed by atoms with E-state index in [1.165, 1.54) is 0 Å². The van der Waals surface area contributed by atoms with E-state index in [0.717, 1.165) is 10.2 Å². The highest BCUT2D eigenvalue weighted by Crippen LogP contribution is 2.12. The van der Waals surface area contributed by atoms with Gasteiger partial charge in [-0.2, -0.15) is 0 Å². The van der Waals surface area contributed by atoms with Crippen molar-refractivity contribution in [1.82, 2.24) is 0 Å². The maximum atomic E-state index is 5.13. The Morgan fingerprint density at radius 2 is 1.19 bits per heavy atom. The summed E-state index contributed by atoms with van der Waals surface area (Å²) < 4.78 is 1.06. The molecule has 0 spiro atoms. The SMILES string of the molecule is Cl.NNc1ccc(Br)cc1.c1ccccc1. The number of nitrogens with one attached hydrogen (secondary N) is 1. The van der Waals surface area contributed by atoms with Crippen molar-refractivity contribution < 1.29 is 0 Å². The summed E-state index contributed by atoms with van der Waals surface area (Å²) >= 11 is 3.31. The van der Waals surface area contributed by atoms with Crippen molar-refractivity contribution in [2.45, 2.75) is 0 Å². The summed E-state index contributed by atoms with van der Waals surface area (Å²) in [7, 11) is 0. The van der Waals surface area contributed by atoms with E-state index in [1.54, 1.807) is 0 Å². The molecular formula is C12H14BrClN2. The molecule has 0 aromatic heterocycles. The Labute approximate surface area is 110 Å². The number of rotatable bonds is 1. The Bertz CT molecular complexity index is 338. The average molecular weight is 302 g/mol. The molecule has 0 heterocycles. The molecule has 86 valence electrons. The lowest BCUT2D eigenvalue weighted by Gasteiger charge is -1.96. The second kappa shape index (κ2) is 9.21. The smallest absolute Gasteiger partial charge is 0.0485 e. The topological polar surface area (TPSA) is 38.0 Å². The number of nitrogens with two attached hydrogens (primary N) is 1. The number of hydrogen-bond donors (Lipinski definition) is 2. The third-order valence-electron chi connectivity index (χ3n) is 1.68. The molecule has 2 nitrogen and oxygen atoms in total. The lowest BCUT2D eigenvalue weighted by Crippen LogP contribution is -2.05. The van der Waals surface area contributed by atoms with Crippen molar-refractivity contribution in [2.24, 2.45) is 5.84 Å². The fraction of sp³-hybridized carbons (Fsp3) is 0. The van der Waals surface area contributed by atoms with Gasteiger partial charge >= 0.3 is 0 Å². The number of hydrogen-bond acceptors (Lipinski definition) is 2. The predicted molar refractivity (Wildman–Crippen MR) is 75.6 cm³/mol. The highest BCUT2D eigenvalue weighted by Gasteiger charge is 1.85. The molecule has 0 fully saturated rings. The number of halogens is 2. The second-order valence-electron chi connectivity index (χ2n) is 2.81. The lowest BCUT2D eigenvalue weighted by atomic mass is 10.3. The molecule has 0 atom stereocenters. The lowest BCUT2D eigenvalue weighted by molar-refractivity contribution is 1.35. The van der Waals surface area contributed by atoms with Crippen LogP contribution in [-0.2, 0) is 0 Å².